The Balaban J connectivity index is 1.65. The molecule has 0 aromatic carbocycles. The SMILES string of the molecule is CCC[C@H](C)Nc1ncc2c(OC3CCN(C)CC3)ncc(C3CCC(O)CC3)c2n1. The summed E-state index contributed by atoms with van der Waals surface area (Å²) in [6.45, 7) is 6.45. The van der Waals surface area contributed by atoms with E-state index in [0.717, 1.165) is 80.9 Å². The van der Waals surface area contributed by atoms with Crippen molar-refractivity contribution in [3.63, 3.8) is 0 Å². The van der Waals surface area contributed by atoms with Crippen molar-refractivity contribution in [3.8, 4) is 5.88 Å². The molecule has 2 N–H and O–H groups in total. The van der Waals surface area contributed by atoms with Crippen LogP contribution in [0.4, 0.5) is 5.95 Å². The zero-order valence-electron chi connectivity index (χ0n) is 19.2. The summed E-state index contributed by atoms with van der Waals surface area (Å²) < 4.78 is 6.36. The Morgan fingerprint density at radius 3 is 2.58 bits per heavy atom. The summed E-state index contributed by atoms with van der Waals surface area (Å²) in [4.78, 5) is 16.6. The summed E-state index contributed by atoms with van der Waals surface area (Å²) >= 11 is 0. The van der Waals surface area contributed by atoms with Gasteiger partial charge < -0.3 is 20.1 Å². The number of likely N-dealkylation sites (tertiary alicyclic amines) is 1. The lowest BCUT2D eigenvalue weighted by Gasteiger charge is -2.30. The molecule has 0 bridgehead atoms. The van der Waals surface area contributed by atoms with Crippen LogP contribution in [0.5, 0.6) is 5.88 Å². The van der Waals surface area contributed by atoms with Gasteiger partial charge in [-0.3, -0.25) is 0 Å². The highest BCUT2D eigenvalue weighted by Crippen LogP contribution is 2.38. The maximum atomic E-state index is 9.95. The lowest BCUT2D eigenvalue weighted by atomic mass is 9.83. The van der Waals surface area contributed by atoms with E-state index in [1.54, 1.807) is 0 Å². The van der Waals surface area contributed by atoms with E-state index in [-0.39, 0.29) is 12.2 Å². The molecule has 1 aliphatic carbocycles. The number of aliphatic hydroxyl groups is 1. The first kappa shape index (κ1) is 22.2. The Morgan fingerprint density at radius 1 is 1.13 bits per heavy atom. The van der Waals surface area contributed by atoms with E-state index in [0.29, 0.717) is 23.8 Å². The molecule has 1 atom stereocenters. The van der Waals surface area contributed by atoms with Crippen molar-refractivity contribution in [2.75, 3.05) is 25.5 Å². The maximum Gasteiger partial charge on any atom is 0.224 e. The molecule has 1 saturated carbocycles. The van der Waals surface area contributed by atoms with Crippen LogP contribution < -0.4 is 10.1 Å². The van der Waals surface area contributed by atoms with Crippen LogP contribution in [0.3, 0.4) is 0 Å². The smallest absolute Gasteiger partial charge is 0.224 e. The maximum absolute atomic E-state index is 9.95. The molecule has 2 aromatic rings. The number of ether oxygens (including phenoxy) is 1. The summed E-state index contributed by atoms with van der Waals surface area (Å²) in [6, 6.07) is 0.326. The molecule has 0 radical (unpaired) electrons. The zero-order valence-corrected chi connectivity index (χ0v) is 19.2. The molecular formula is C24H37N5O2. The molecule has 2 aromatic heterocycles. The number of nitrogens with zero attached hydrogens (tertiary/aromatic N) is 4. The zero-order chi connectivity index (χ0) is 21.8. The van der Waals surface area contributed by atoms with Crippen LogP contribution in [-0.2, 0) is 0 Å². The quantitative estimate of drug-likeness (QED) is 0.688. The van der Waals surface area contributed by atoms with Crippen LogP contribution in [0.25, 0.3) is 10.9 Å². The highest BCUT2D eigenvalue weighted by molar-refractivity contribution is 5.86. The number of nitrogens with one attached hydrogen (secondary N) is 1. The Bertz CT molecular complexity index is 860. The average Bonchev–Trinajstić information content (AvgIpc) is 2.76. The van der Waals surface area contributed by atoms with E-state index in [1.807, 2.05) is 12.4 Å². The van der Waals surface area contributed by atoms with Gasteiger partial charge in [-0.05, 0) is 64.8 Å². The highest BCUT2D eigenvalue weighted by atomic mass is 16.5. The lowest BCUT2D eigenvalue weighted by Crippen LogP contribution is -2.35. The van der Waals surface area contributed by atoms with Crippen molar-refractivity contribution in [2.24, 2.45) is 0 Å². The van der Waals surface area contributed by atoms with Crippen LogP contribution in [-0.4, -0.2) is 63.3 Å². The fourth-order valence-electron chi connectivity index (χ4n) is 4.85. The van der Waals surface area contributed by atoms with Crippen molar-refractivity contribution in [1.29, 1.82) is 0 Å². The molecule has 0 amide bonds. The summed E-state index contributed by atoms with van der Waals surface area (Å²) in [5, 5.41) is 14.3. The normalized spacial score (nSPS) is 24.3. The topological polar surface area (TPSA) is 83.4 Å². The van der Waals surface area contributed by atoms with Crippen LogP contribution in [0.2, 0.25) is 0 Å². The second kappa shape index (κ2) is 10.1. The molecule has 7 heteroatoms. The number of aromatic nitrogens is 3. The number of hydrogen-bond acceptors (Lipinski definition) is 7. The molecular weight excluding hydrogens is 390 g/mol. The lowest BCUT2D eigenvalue weighted by molar-refractivity contribution is 0.111. The third-order valence-corrected chi connectivity index (χ3v) is 6.79. The van der Waals surface area contributed by atoms with Crippen molar-refractivity contribution >= 4 is 16.9 Å². The molecule has 3 heterocycles. The van der Waals surface area contributed by atoms with Crippen molar-refractivity contribution in [1.82, 2.24) is 19.9 Å². The molecule has 0 spiro atoms. The first-order valence-electron chi connectivity index (χ1n) is 12.0. The molecule has 1 aliphatic heterocycles. The van der Waals surface area contributed by atoms with Crippen LogP contribution in [0.1, 0.15) is 76.7 Å². The number of aliphatic hydroxyl groups excluding tert-OH is 1. The van der Waals surface area contributed by atoms with Gasteiger partial charge in [0.25, 0.3) is 0 Å². The minimum Gasteiger partial charge on any atom is -0.474 e. The fourth-order valence-corrected chi connectivity index (χ4v) is 4.85. The second-order valence-electron chi connectivity index (χ2n) is 9.43. The number of rotatable bonds is 7. The third kappa shape index (κ3) is 5.44. The number of fused-ring (bicyclic) bond motifs is 1. The Morgan fingerprint density at radius 2 is 1.87 bits per heavy atom. The van der Waals surface area contributed by atoms with Gasteiger partial charge in [-0.15, -0.1) is 0 Å². The van der Waals surface area contributed by atoms with Gasteiger partial charge in [-0.2, -0.15) is 0 Å². The summed E-state index contributed by atoms with van der Waals surface area (Å²) in [5.74, 6) is 1.69. The van der Waals surface area contributed by atoms with Gasteiger partial charge in [0, 0.05) is 37.1 Å². The van der Waals surface area contributed by atoms with E-state index in [4.69, 9.17) is 14.7 Å². The van der Waals surface area contributed by atoms with E-state index in [9.17, 15) is 5.11 Å². The van der Waals surface area contributed by atoms with Gasteiger partial charge >= 0.3 is 0 Å². The van der Waals surface area contributed by atoms with E-state index < -0.39 is 0 Å². The van der Waals surface area contributed by atoms with Crippen molar-refractivity contribution < 1.29 is 9.84 Å². The first-order valence-corrected chi connectivity index (χ1v) is 12.0. The summed E-state index contributed by atoms with van der Waals surface area (Å²) in [6.07, 6.45) is 11.7. The number of piperidine rings is 1. The molecule has 2 fully saturated rings. The average molecular weight is 428 g/mol. The Kier molecular flexibility index (Phi) is 7.23. The molecule has 7 nitrogen and oxygen atoms in total. The Labute approximate surface area is 185 Å². The van der Waals surface area contributed by atoms with Crippen molar-refractivity contribution in [2.45, 2.75) is 89.4 Å². The van der Waals surface area contributed by atoms with E-state index >= 15 is 0 Å². The first-order chi connectivity index (χ1) is 15.0. The molecule has 2 aliphatic rings. The standard InChI is InChI=1S/C24H37N5O2/c1-4-5-16(2)27-24-26-15-21-22(28-24)20(17-6-8-18(30)9-7-17)14-25-23(21)31-19-10-12-29(3)13-11-19/h14-19,30H,4-13H2,1-3H3,(H,26,27,28)/t16-,17?,18?/m0/s1. The van der Waals surface area contributed by atoms with Gasteiger partial charge in [-0.25, -0.2) is 15.0 Å². The van der Waals surface area contributed by atoms with E-state index in [1.165, 1.54) is 0 Å². The minimum atomic E-state index is -0.177. The second-order valence-corrected chi connectivity index (χ2v) is 9.43. The monoisotopic (exact) mass is 427 g/mol. The van der Waals surface area contributed by atoms with Crippen LogP contribution in [0.15, 0.2) is 12.4 Å². The predicted molar refractivity (Wildman–Crippen MR) is 124 cm³/mol. The third-order valence-electron chi connectivity index (χ3n) is 6.79. The summed E-state index contributed by atoms with van der Waals surface area (Å²) in [5.41, 5.74) is 2.10. The number of hydrogen-bond donors (Lipinski definition) is 2. The molecule has 170 valence electrons. The van der Waals surface area contributed by atoms with Crippen LogP contribution >= 0.6 is 0 Å². The highest BCUT2D eigenvalue weighted by Gasteiger charge is 2.26. The molecule has 1 saturated heterocycles. The minimum absolute atomic E-state index is 0.177. The predicted octanol–water partition coefficient (Wildman–Crippen LogP) is 4.12. The molecule has 4 rings (SSSR count). The summed E-state index contributed by atoms with van der Waals surface area (Å²) in [7, 11) is 2.15. The number of pyridine rings is 1. The number of anilines is 1. The van der Waals surface area contributed by atoms with Gasteiger partial charge in [0.05, 0.1) is 17.0 Å². The Hall–Kier alpha value is -1.99. The van der Waals surface area contributed by atoms with Gasteiger partial charge in [-0.1, -0.05) is 13.3 Å². The van der Waals surface area contributed by atoms with Gasteiger partial charge in [0.2, 0.25) is 11.8 Å². The fraction of sp³-hybridized carbons (Fsp3) is 0.708. The largest absolute Gasteiger partial charge is 0.474 e. The van der Waals surface area contributed by atoms with Gasteiger partial charge in [0.15, 0.2) is 0 Å². The molecule has 31 heavy (non-hydrogen) atoms. The molecule has 0 unspecified atom stereocenters. The van der Waals surface area contributed by atoms with Crippen molar-refractivity contribution in [3.05, 3.63) is 18.0 Å². The van der Waals surface area contributed by atoms with E-state index in [2.05, 4.69) is 36.1 Å². The van der Waals surface area contributed by atoms with Gasteiger partial charge in [0.1, 0.15) is 6.10 Å². The van der Waals surface area contributed by atoms with Crippen LogP contribution in [0, 0.1) is 0 Å².